The van der Waals surface area contributed by atoms with Crippen LogP contribution in [0.4, 0.5) is 0 Å². The molecule has 0 amide bonds. The van der Waals surface area contributed by atoms with Gasteiger partial charge in [-0.15, -0.1) is 0 Å². The third-order valence-corrected chi connectivity index (χ3v) is 3.84. The lowest BCUT2D eigenvalue weighted by molar-refractivity contribution is -0.116. The molecule has 1 saturated heterocycles. The second-order valence-corrected chi connectivity index (χ2v) is 5.39. The summed E-state index contributed by atoms with van der Waals surface area (Å²) in [4.78, 5) is 13.5. The van der Waals surface area contributed by atoms with Crippen LogP contribution >= 0.6 is 0 Å². The minimum atomic E-state index is 0.286. The Kier molecular flexibility index (Phi) is 4.16. The van der Waals surface area contributed by atoms with Gasteiger partial charge in [-0.05, 0) is 45.2 Å². The van der Waals surface area contributed by atoms with Gasteiger partial charge in [0, 0.05) is 19.0 Å². The molecule has 0 aromatic carbocycles. The Labute approximate surface area is 104 Å². The van der Waals surface area contributed by atoms with E-state index in [4.69, 9.17) is 0 Å². The summed E-state index contributed by atoms with van der Waals surface area (Å²) in [7, 11) is 0. The van der Waals surface area contributed by atoms with E-state index in [1.54, 1.807) is 6.92 Å². The topological polar surface area (TPSA) is 20.3 Å². The molecular formula is C15H23NO. The minimum Gasteiger partial charge on any atom is -0.300 e. The Bertz CT molecular complexity index is 354. The first-order valence-corrected chi connectivity index (χ1v) is 6.77. The van der Waals surface area contributed by atoms with Crippen molar-refractivity contribution in [2.24, 2.45) is 0 Å². The van der Waals surface area contributed by atoms with Crippen molar-refractivity contribution >= 4 is 5.78 Å². The molecule has 0 bridgehead atoms. The van der Waals surface area contributed by atoms with E-state index in [0.29, 0.717) is 12.5 Å². The predicted octanol–water partition coefficient (Wildman–Crippen LogP) is 3.10. The summed E-state index contributed by atoms with van der Waals surface area (Å²) >= 11 is 0. The number of rotatable bonds is 3. The molecule has 1 fully saturated rings. The molecule has 0 saturated carbocycles. The second kappa shape index (κ2) is 5.63. The standard InChI is InChI=1S/C15H23NO/c1-12-10-14(7-5-6-13(2)17)11-16-9-4-3-8-15(12)16/h7,10,15H,3-6,8-9,11H2,1-2H3/b14-7-. The Morgan fingerprint density at radius 3 is 3.12 bits per heavy atom. The van der Waals surface area contributed by atoms with E-state index in [1.807, 2.05) is 0 Å². The van der Waals surface area contributed by atoms with Gasteiger partial charge in [-0.1, -0.05) is 24.1 Å². The normalized spacial score (nSPS) is 27.8. The first kappa shape index (κ1) is 12.6. The van der Waals surface area contributed by atoms with Crippen molar-refractivity contribution in [3.8, 4) is 0 Å². The zero-order valence-electron chi connectivity index (χ0n) is 11.0. The molecule has 2 aliphatic heterocycles. The first-order chi connectivity index (χ1) is 8.16. The molecule has 2 nitrogen and oxygen atoms in total. The Hall–Kier alpha value is -0.890. The maximum Gasteiger partial charge on any atom is 0.130 e. The number of fused-ring (bicyclic) bond motifs is 1. The van der Waals surface area contributed by atoms with E-state index in [0.717, 1.165) is 13.0 Å². The highest BCUT2D eigenvalue weighted by atomic mass is 16.1. The van der Waals surface area contributed by atoms with Crippen molar-refractivity contribution in [1.82, 2.24) is 4.90 Å². The molecule has 0 aromatic heterocycles. The van der Waals surface area contributed by atoms with Crippen LogP contribution in [-0.4, -0.2) is 29.8 Å². The molecule has 0 aromatic rings. The summed E-state index contributed by atoms with van der Waals surface area (Å²) in [5, 5.41) is 0. The number of ketones is 1. The van der Waals surface area contributed by atoms with Gasteiger partial charge in [0.15, 0.2) is 0 Å². The average molecular weight is 233 g/mol. The molecule has 2 heterocycles. The van der Waals surface area contributed by atoms with E-state index in [-0.39, 0.29) is 5.78 Å². The third kappa shape index (κ3) is 3.29. The largest absolute Gasteiger partial charge is 0.300 e. The summed E-state index contributed by atoms with van der Waals surface area (Å²) in [5.74, 6) is 0.286. The zero-order chi connectivity index (χ0) is 12.3. The highest BCUT2D eigenvalue weighted by Crippen LogP contribution is 2.28. The number of hydrogen-bond donors (Lipinski definition) is 0. The summed E-state index contributed by atoms with van der Waals surface area (Å²) in [5.41, 5.74) is 2.91. The van der Waals surface area contributed by atoms with Crippen LogP contribution in [0.15, 0.2) is 23.3 Å². The maximum atomic E-state index is 10.9. The lowest BCUT2D eigenvalue weighted by Gasteiger charge is -2.39. The Morgan fingerprint density at radius 2 is 2.35 bits per heavy atom. The van der Waals surface area contributed by atoms with Gasteiger partial charge in [-0.3, -0.25) is 4.90 Å². The fourth-order valence-electron chi connectivity index (χ4n) is 2.95. The summed E-state index contributed by atoms with van der Waals surface area (Å²) in [6.45, 7) is 6.24. The highest BCUT2D eigenvalue weighted by molar-refractivity contribution is 5.75. The second-order valence-electron chi connectivity index (χ2n) is 5.39. The number of hydrogen-bond acceptors (Lipinski definition) is 2. The van der Waals surface area contributed by atoms with Crippen LogP contribution < -0.4 is 0 Å². The van der Waals surface area contributed by atoms with Gasteiger partial charge in [0.2, 0.25) is 0 Å². The number of carbonyl (C=O) groups excluding carboxylic acids is 1. The van der Waals surface area contributed by atoms with Crippen molar-refractivity contribution in [3.63, 3.8) is 0 Å². The smallest absolute Gasteiger partial charge is 0.130 e. The molecule has 1 unspecified atom stereocenters. The van der Waals surface area contributed by atoms with Gasteiger partial charge < -0.3 is 4.79 Å². The maximum absolute atomic E-state index is 10.9. The molecule has 94 valence electrons. The van der Waals surface area contributed by atoms with E-state index in [9.17, 15) is 4.79 Å². The lowest BCUT2D eigenvalue weighted by Crippen LogP contribution is -2.43. The van der Waals surface area contributed by atoms with Gasteiger partial charge in [0.1, 0.15) is 5.78 Å². The van der Waals surface area contributed by atoms with Gasteiger partial charge in [0.25, 0.3) is 0 Å². The van der Waals surface area contributed by atoms with Crippen LogP contribution in [-0.2, 0) is 4.79 Å². The Morgan fingerprint density at radius 1 is 1.53 bits per heavy atom. The molecule has 0 radical (unpaired) electrons. The van der Waals surface area contributed by atoms with Crippen LogP contribution in [0.25, 0.3) is 0 Å². The molecule has 0 spiro atoms. The molecule has 0 aliphatic carbocycles. The van der Waals surface area contributed by atoms with Crippen molar-refractivity contribution < 1.29 is 4.79 Å². The van der Waals surface area contributed by atoms with E-state index in [2.05, 4.69) is 24.0 Å². The number of piperidine rings is 1. The molecule has 1 atom stereocenters. The minimum absolute atomic E-state index is 0.286. The fourth-order valence-corrected chi connectivity index (χ4v) is 2.95. The van der Waals surface area contributed by atoms with Crippen LogP contribution in [0.3, 0.4) is 0 Å². The summed E-state index contributed by atoms with van der Waals surface area (Å²) < 4.78 is 0. The summed E-state index contributed by atoms with van der Waals surface area (Å²) in [6, 6.07) is 0.689. The molecule has 0 N–H and O–H groups in total. The molecular weight excluding hydrogens is 210 g/mol. The molecule has 2 aliphatic rings. The van der Waals surface area contributed by atoms with E-state index >= 15 is 0 Å². The van der Waals surface area contributed by atoms with Crippen molar-refractivity contribution in [1.29, 1.82) is 0 Å². The SMILES string of the molecule is CC(=O)CC/C=C1/C=C(C)C2CCCCN2C1. The van der Waals surface area contributed by atoms with Crippen LogP contribution in [0.5, 0.6) is 0 Å². The van der Waals surface area contributed by atoms with Crippen LogP contribution in [0, 0.1) is 0 Å². The summed E-state index contributed by atoms with van der Waals surface area (Å²) in [6.07, 6.45) is 10.2. The quantitative estimate of drug-likeness (QED) is 0.746. The first-order valence-electron chi connectivity index (χ1n) is 6.77. The van der Waals surface area contributed by atoms with E-state index in [1.165, 1.54) is 37.0 Å². The monoisotopic (exact) mass is 233 g/mol. The number of allylic oxidation sites excluding steroid dienone is 1. The van der Waals surface area contributed by atoms with Gasteiger partial charge in [-0.2, -0.15) is 0 Å². The lowest BCUT2D eigenvalue weighted by atomic mass is 9.90. The Balaban J connectivity index is 2.00. The molecule has 2 heteroatoms. The van der Waals surface area contributed by atoms with Crippen molar-refractivity contribution in [3.05, 3.63) is 23.3 Å². The van der Waals surface area contributed by atoms with Crippen LogP contribution in [0.1, 0.15) is 46.0 Å². The van der Waals surface area contributed by atoms with Crippen LogP contribution in [0.2, 0.25) is 0 Å². The van der Waals surface area contributed by atoms with Crippen molar-refractivity contribution in [2.45, 2.75) is 52.0 Å². The number of carbonyl (C=O) groups is 1. The fraction of sp³-hybridized carbons (Fsp3) is 0.667. The predicted molar refractivity (Wildman–Crippen MR) is 71.0 cm³/mol. The average Bonchev–Trinajstić information content (AvgIpc) is 2.28. The highest BCUT2D eigenvalue weighted by Gasteiger charge is 2.26. The zero-order valence-corrected chi connectivity index (χ0v) is 11.0. The number of nitrogens with zero attached hydrogens (tertiary/aromatic N) is 1. The van der Waals surface area contributed by atoms with E-state index < -0.39 is 0 Å². The van der Waals surface area contributed by atoms with Gasteiger partial charge >= 0.3 is 0 Å². The van der Waals surface area contributed by atoms with Gasteiger partial charge in [-0.25, -0.2) is 0 Å². The van der Waals surface area contributed by atoms with Crippen molar-refractivity contribution in [2.75, 3.05) is 13.1 Å². The third-order valence-electron chi connectivity index (χ3n) is 3.84. The molecule has 17 heavy (non-hydrogen) atoms. The van der Waals surface area contributed by atoms with Gasteiger partial charge in [0.05, 0.1) is 0 Å². The number of Topliss-reactive ketones (excluding diaryl/α,β-unsaturated/α-hetero) is 1. The molecule has 2 rings (SSSR count).